The van der Waals surface area contributed by atoms with Gasteiger partial charge in [0.1, 0.15) is 0 Å². The van der Waals surface area contributed by atoms with Crippen LogP contribution < -0.4 is 11.1 Å². The molecular weight excluding hydrogens is 318 g/mol. The molecule has 1 rings (SSSR count). The van der Waals surface area contributed by atoms with Crippen molar-refractivity contribution in [3.63, 3.8) is 0 Å². The van der Waals surface area contributed by atoms with Gasteiger partial charge in [-0.25, -0.2) is 0 Å². The molecule has 0 radical (unpaired) electrons. The van der Waals surface area contributed by atoms with Crippen LogP contribution in [0.2, 0.25) is 0 Å². The van der Waals surface area contributed by atoms with Crippen molar-refractivity contribution in [1.82, 2.24) is 10.2 Å². The molecule has 0 aliphatic carbocycles. The van der Waals surface area contributed by atoms with E-state index in [2.05, 4.69) is 12.2 Å². The summed E-state index contributed by atoms with van der Waals surface area (Å²) in [5, 5.41) is 3.05. The molecule has 1 aliphatic rings. The lowest BCUT2D eigenvalue weighted by atomic mass is 9.96. The molecule has 1 saturated heterocycles. The second-order valence-corrected chi connectivity index (χ2v) is 6.17. The second kappa shape index (κ2) is 11.6. The summed E-state index contributed by atoms with van der Waals surface area (Å²) >= 11 is 0. The zero-order chi connectivity index (χ0) is 16.5. The number of halogens is 1. The van der Waals surface area contributed by atoms with Gasteiger partial charge in [0.2, 0.25) is 11.8 Å². The zero-order valence-corrected chi connectivity index (χ0v) is 15.4. The van der Waals surface area contributed by atoms with E-state index >= 15 is 0 Å². The van der Waals surface area contributed by atoms with Gasteiger partial charge in [0.25, 0.3) is 0 Å². The molecule has 0 aromatic rings. The van der Waals surface area contributed by atoms with E-state index in [9.17, 15) is 9.59 Å². The Bertz CT molecular complexity index is 364. The summed E-state index contributed by atoms with van der Waals surface area (Å²) in [6.45, 7) is 5.68. The van der Waals surface area contributed by atoms with E-state index in [1.807, 2.05) is 6.92 Å². The summed E-state index contributed by atoms with van der Waals surface area (Å²) in [6.07, 6.45) is 3.78. The van der Waals surface area contributed by atoms with E-state index in [0.29, 0.717) is 19.6 Å². The fourth-order valence-corrected chi connectivity index (χ4v) is 2.87. The molecule has 7 heteroatoms. The third-order valence-corrected chi connectivity index (χ3v) is 4.25. The van der Waals surface area contributed by atoms with E-state index in [1.54, 1.807) is 12.0 Å². The van der Waals surface area contributed by atoms with Crippen LogP contribution in [0.5, 0.6) is 0 Å². The van der Waals surface area contributed by atoms with Crippen LogP contribution in [0.3, 0.4) is 0 Å². The lowest BCUT2D eigenvalue weighted by Gasteiger charge is -2.33. The van der Waals surface area contributed by atoms with E-state index in [1.165, 1.54) is 0 Å². The summed E-state index contributed by atoms with van der Waals surface area (Å²) in [7, 11) is 1.56. The molecule has 0 saturated carbocycles. The van der Waals surface area contributed by atoms with Crippen molar-refractivity contribution < 1.29 is 14.3 Å². The highest BCUT2D eigenvalue weighted by Crippen LogP contribution is 2.18. The minimum atomic E-state index is -0.244. The first kappa shape index (κ1) is 22.1. The lowest BCUT2D eigenvalue weighted by molar-refractivity contribution is -0.137. The molecule has 3 N–H and O–H groups in total. The van der Waals surface area contributed by atoms with Gasteiger partial charge < -0.3 is 20.7 Å². The van der Waals surface area contributed by atoms with Gasteiger partial charge in [0.05, 0.1) is 18.4 Å². The van der Waals surface area contributed by atoms with Crippen molar-refractivity contribution in [1.29, 1.82) is 0 Å². The van der Waals surface area contributed by atoms with Crippen molar-refractivity contribution in [2.75, 3.05) is 26.7 Å². The van der Waals surface area contributed by atoms with Gasteiger partial charge in [-0.1, -0.05) is 13.3 Å². The van der Waals surface area contributed by atoms with Crippen LogP contribution in [0.15, 0.2) is 0 Å². The fourth-order valence-electron chi connectivity index (χ4n) is 2.87. The molecule has 1 aliphatic heterocycles. The number of hydrogen-bond acceptors (Lipinski definition) is 4. The maximum Gasteiger partial charge on any atom is 0.225 e. The van der Waals surface area contributed by atoms with Crippen LogP contribution in [0.1, 0.15) is 46.0 Å². The van der Waals surface area contributed by atoms with E-state index < -0.39 is 0 Å². The molecule has 6 nitrogen and oxygen atoms in total. The molecular formula is C16H32ClN3O3. The first-order valence-corrected chi connectivity index (χ1v) is 8.32. The number of nitrogens with one attached hydrogen (secondary N) is 1. The Morgan fingerprint density at radius 1 is 1.43 bits per heavy atom. The van der Waals surface area contributed by atoms with Crippen LogP contribution in [0.4, 0.5) is 0 Å². The number of carbonyl (C=O) groups excluding carboxylic acids is 2. The molecule has 0 aromatic carbocycles. The Hall–Kier alpha value is -0.850. The first-order valence-electron chi connectivity index (χ1n) is 8.32. The molecule has 136 valence electrons. The van der Waals surface area contributed by atoms with E-state index in [-0.39, 0.29) is 48.7 Å². The number of nitrogens with two attached hydrogens (primary N) is 1. The van der Waals surface area contributed by atoms with Gasteiger partial charge in [0, 0.05) is 32.8 Å². The number of piperidine rings is 1. The van der Waals surface area contributed by atoms with Crippen molar-refractivity contribution in [3.05, 3.63) is 0 Å². The highest BCUT2D eigenvalue weighted by molar-refractivity contribution is 5.85. The smallest absolute Gasteiger partial charge is 0.225 e. The Kier molecular flexibility index (Phi) is 11.2. The van der Waals surface area contributed by atoms with Crippen LogP contribution >= 0.6 is 12.4 Å². The average molecular weight is 350 g/mol. The molecule has 1 fully saturated rings. The lowest BCUT2D eigenvalue weighted by Crippen LogP contribution is -2.48. The second-order valence-electron chi connectivity index (χ2n) is 6.17. The van der Waals surface area contributed by atoms with Crippen LogP contribution in [0, 0.1) is 5.92 Å². The van der Waals surface area contributed by atoms with E-state index in [0.717, 1.165) is 25.7 Å². The Labute approximate surface area is 145 Å². The number of amides is 2. The SMILES string of the molecule is CCCC(C)NC(=O)C1CCCN(C(=O)CC(CN)OC)C1.Cl. The molecule has 3 unspecified atom stereocenters. The third-order valence-electron chi connectivity index (χ3n) is 4.25. The van der Waals surface area contributed by atoms with Gasteiger partial charge >= 0.3 is 0 Å². The number of hydrogen-bond donors (Lipinski definition) is 2. The summed E-state index contributed by atoms with van der Waals surface area (Å²) in [6, 6.07) is 0.193. The predicted octanol–water partition coefficient (Wildman–Crippen LogP) is 1.32. The number of likely N-dealkylation sites (tertiary alicyclic amines) is 1. The van der Waals surface area contributed by atoms with Crippen LogP contribution in [-0.4, -0.2) is 55.6 Å². The third kappa shape index (κ3) is 7.50. The van der Waals surface area contributed by atoms with Gasteiger partial charge in [0.15, 0.2) is 0 Å². The van der Waals surface area contributed by atoms with Crippen molar-refractivity contribution in [2.45, 2.75) is 58.1 Å². The van der Waals surface area contributed by atoms with Crippen LogP contribution in [-0.2, 0) is 14.3 Å². The number of nitrogens with zero attached hydrogens (tertiary/aromatic N) is 1. The molecule has 1 heterocycles. The molecule has 0 spiro atoms. The van der Waals surface area contributed by atoms with Gasteiger partial charge in [-0.05, 0) is 26.2 Å². The number of carbonyl (C=O) groups is 2. The highest BCUT2D eigenvalue weighted by Gasteiger charge is 2.29. The van der Waals surface area contributed by atoms with Crippen molar-refractivity contribution in [2.24, 2.45) is 11.7 Å². The number of rotatable bonds is 8. The standard InChI is InChI=1S/C16H31N3O3.ClH/c1-4-6-12(2)18-16(21)13-7-5-8-19(11-13)15(20)9-14(10-17)22-3;/h12-14H,4-11,17H2,1-3H3,(H,18,21);1H. The minimum absolute atomic E-state index is 0. The van der Waals surface area contributed by atoms with Gasteiger partial charge in [-0.3, -0.25) is 9.59 Å². The minimum Gasteiger partial charge on any atom is -0.380 e. The number of ether oxygens (including phenoxy) is 1. The Morgan fingerprint density at radius 2 is 2.13 bits per heavy atom. The normalized spacial score (nSPS) is 20.3. The van der Waals surface area contributed by atoms with Crippen molar-refractivity contribution in [3.8, 4) is 0 Å². The summed E-state index contributed by atoms with van der Waals surface area (Å²) < 4.78 is 5.16. The molecule has 0 aromatic heterocycles. The first-order chi connectivity index (χ1) is 10.5. The molecule has 3 atom stereocenters. The average Bonchev–Trinajstić information content (AvgIpc) is 2.52. The molecule has 0 bridgehead atoms. The Balaban J connectivity index is 0.00000484. The van der Waals surface area contributed by atoms with Crippen LogP contribution in [0.25, 0.3) is 0 Å². The van der Waals surface area contributed by atoms with Gasteiger partial charge in [-0.2, -0.15) is 0 Å². The summed E-state index contributed by atoms with van der Waals surface area (Å²) in [5.74, 6) is -0.00662. The largest absolute Gasteiger partial charge is 0.380 e. The van der Waals surface area contributed by atoms with E-state index in [4.69, 9.17) is 10.5 Å². The monoisotopic (exact) mass is 349 g/mol. The zero-order valence-electron chi connectivity index (χ0n) is 14.5. The van der Waals surface area contributed by atoms with Gasteiger partial charge in [-0.15, -0.1) is 12.4 Å². The Morgan fingerprint density at radius 3 is 2.70 bits per heavy atom. The highest BCUT2D eigenvalue weighted by atomic mass is 35.5. The summed E-state index contributed by atoms with van der Waals surface area (Å²) in [4.78, 5) is 26.3. The topological polar surface area (TPSA) is 84.7 Å². The molecule has 2 amide bonds. The fraction of sp³-hybridized carbons (Fsp3) is 0.875. The maximum absolute atomic E-state index is 12.3. The maximum atomic E-state index is 12.3. The van der Waals surface area contributed by atoms with Crippen molar-refractivity contribution >= 4 is 24.2 Å². The quantitative estimate of drug-likeness (QED) is 0.692. The summed E-state index contributed by atoms with van der Waals surface area (Å²) in [5.41, 5.74) is 5.56. The number of methoxy groups -OCH3 is 1. The molecule has 23 heavy (non-hydrogen) atoms. The predicted molar refractivity (Wildman–Crippen MR) is 93.5 cm³/mol.